The lowest BCUT2D eigenvalue weighted by molar-refractivity contribution is 0.509. The summed E-state index contributed by atoms with van der Waals surface area (Å²) in [5, 5.41) is 8.75. The summed E-state index contributed by atoms with van der Waals surface area (Å²) in [7, 11) is 1.66. The number of thiophene rings is 1. The summed E-state index contributed by atoms with van der Waals surface area (Å²) in [6, 6.07) is 0. The molecule has 0 aliphatic heterocycles. The van der Waals surface area contributed by atoms with Crippen LogP contribution in [0.15, 0.2) is 4.79 Å². The molecule has 0 bridgehead atoms. The minimum absolute atomic E-state index is 0.00273. The van der Waals surface area contributed by atoms with Crippen LogP contribution in [-0.4, -0.2) is 15.0 Å². The molecule has 84 valence electrons. The van der Waals surface area contributed by atoms with Crippen LogP contribution in [-0.2, 0) is 19.9 Å². The Bertz CT molecular complexity index is 613. The molecule has 4 nitrogen and oxygen atoms in total. The van der Waals surface area contributed by atoms with E-state index in [9.17, 15) is 4.79 Å². The second-order valence-electron chi connectivity index (χ2n) is 4.55. The number of aromatic nitrogens is 3. The zero-order valence-corrected chi connectivity index (χ0v) is 10.2. The molecular formula is C11H13N3OS. The summed E-state index contributed by atoms with van der Waals surface area (Å²) in [6.45, 7) is 2.26. The van der Waals surface area contributed by atoms with E-state index in [1.54, 1.807) is 18.4 Å². The predicted octanol–water partition coefficient (Wildman–Crippen LogP) is 1.51. The average Bonchev–Trinajstić information content (AvgIpc) is 2.61. The van der Waals surface area contributed by atoms with Gasteiger partial charge in [0.1, 0.15) is 0 Å². The van der Waals surface area contributed by atoms with Gasteiger partial charge in [0.15, 0.2) is 4.83 Å². The lowest BCUT2D eigenvalue weighted by Gasteiger charge is -2.17. The van der Waals surface area contributed by atoms with Crippen LogP contribution in [0.1, 0.15) is 23.8 Å². The number of nitrogens with zero attached hydrogens (tertiary/aromatic N) is 3. The summed E-state index contributed by atoms with van der Waals surface area (Å²) >= 11 is 1.64. The predicted molar refractivity (Wildman–Crippen MR) is 63.8 cm³/mol. The molecule has 0 saturated carbocycles. The first-order chi connectivity index (χ1) is 7.66. The van der Waals surface area contributed by atoms with Crippen molar-refractivity contribution in [2.24, 2.45) is 13.0 Å². The molecule has 0 saturated heterocycles. The number of hydrogen-bond donors (Lipinski definition) is 0. The van der Waals surface area contributed by atoms with Crippen LogP contribution in [0.5, 0.6) is 0 Å². The third kappa shape index (κ3) is 1.31. The van der Waals surface area contributed by atoms with E-state index in [2.05, 4.69) is 17.2 Å². The maximum atomic E-state index is 12.0. The zero-order chi connectivity index (χ0) is 11.3. The Morgan fingerprint density at radius 3 is 3.12 bits per heavy atom. The van der Waals surface area contributed by atoms with E-state index in [0.717, 1.165) is 29.0 Å². The van der Waals surface area contributed by atoms with E-state index in [1.807, 2.05) is 0 Å². The van der Waals surface area contributed by atoms with E-state index in [1.165, 1.54) is 21.5 Å². The second-order valence-corrected chi connectivity index (χ2v) is 5.63. The normalized spacial score (nSPS) is 20.0. The van der Waals surface area contributed by atoms with Gasteiger partial charge in [-0.2, -0.15) is 0 Å². The van der Waals surface area contributed by atoms with Crippen molar-refractivity contribution in [1.82, 2.24) is 15.0 Å². The summed E-state index contributed by atoms with van der Waals surface area (Å²) < 4.78 is 1.33. The SMILES string of the molecule is C[C@H]1CCc2c(sc3nnn(C)c(=O)c23)C1. The second kappa shape index (κ2) is 3.38. The molecule has 5 heteroatoms. The fourth-order valence-corrected chi connectivity index (χ4v) is 3.66. The Balaban J connectivity index is 2.35. The van der Waals surface area contributed by atoms with Gasteiger partial charge in [-0.3, -0.25) is 4.79 Å². The van der Waals surface area contributed by atoms with E-state index in [-0.39, 0.29) is 5.56 Å². The highest BCUT2D eigenvalue weighted by Gasteiger charge is 2.22. The molecule has 0 spiro atoms. The van der Waals surface area contributed by atoms with Gasteiger partial charge in [0.2, 0.25) is 0 Å². The third-order valence-corrected chi connectivity index (χ3v) is 4.41. The lowest BCUT2D eigenvalue weighted by Crippen LogP contribution is -2.21. The van der Waals surface area contributed by atoms with Gasteiger partial charge >= 0.3 is 0 Å². The maximum Gasteiger partial charge on any atom is 0.278 e. The molecule has 2 aromatic rings. The number of rotatable bonds is 0. The molecule has 0 N–H and O–H groups in total. The van der Waals surface area contributed by atoms with E-state index in [0.29, 0.717) is 0 Å². The molecule has 2 heterocycles. The minimum atomic E-state index is -0.00273. The first-order valence-corrected chi connectivity index (χ1v) is 6.32. The molecule has 0 aromatic carbocycles. The third-order valence-electron chi connectivity index (χ3n) is 3.27. The molecule has 2 aromatic heterocycles. The Labute approximate surface area is 96.9 Å². The van der Waals surface area contributed by atoms with Crippen LogP contribution in [0.25, 0.3) is 10.2 Å². The van der Waals surface area contributed by atoms with Crippen LogP contribution in [0.4, 0.5) is 0 Å². The number of aryl methyl sites for hydroxylation is 2. The highest BCUT2D eigenvalue weighted by atomic mass is 32.1. The standard InChI is InChI=1S/C11H13N3OS/c1-6-3-4-7-8(5-6)16-10-9(7)11(15)14(2)13-12-10/h6H,3-5H2,1-2H3/t6-/m0/s1. The Morgan fingerprint density at radius 2 is 2.31 bits per heavy atom. The molecule has 0 amide bonds. The molecule has 16 heavy (non-hydrogen) atoms. The van der Waals surface area contributed by atoms with Gasteiger partial charge in [-0.1, -0.05) is 12.1 Å². The molecule has 1 atom stereocenters. The van der Waals surface area contributed by atoms with E-state index in [4.69, 9.17) is 0 Å². The monoisotopic (exact) mass is 235 g/mol. The summed E-state index contributed by atoms with van der Waals surface area (Å²) in [4.78, 5) is 14.2. The highest BCUT2D eigenvalue weighted by molar-refractivity contribution is 7.18. The maximum absolute atomic E-state index is 12.0. The van der Waals surface area contributed by atoms with Gasteiger partial charge in [0.25, 0.3) is 5.56 Å². The van der Waals surface area contributed by atoms with Crippen molar-refractivity contribution in [3.8, 4) is 0 Å². The molecule has 0 unspecified atom stereocenters. The van der Waals surface area contributed by atoms with Crippen molar-refractivity contribution in [2.75, 3.05) is 0 Å². The van der Waals surface area contributed by atoms with Gasteiger partial charge in [-0.25, -0.2) is 4.68 Å². The van der Waals surface area contributed by atoms with E-state index < -0.39 is 0 Å². The number of fused-ring (bicyclic) bond motifs is 3. The highest BCUT2D eigenvalue weighted by Crippen LogP contribution is 2.35. The lowest BCUT2D eigenvalue weighted by atomic mass is 9.89. The quantitative estimate of drug-likeness (QED) is 0.695. The smallest absolute Gasteiger partial charge is 0.267 e. The summed E-state index contributed by atoms with van der Waals surface area (Å²) in [5.41, 5.74) is 1.23. The first kappa shape index (κ1) is 9.96. The Morgan fingerprint density at radius 1 is 1.50 bits per heavy atom. The first-order valence-electron chi connectivity index (χ1n) is 5.51. The van der Waals surface area contributed by atoms with Gasteiger partial charge in [0.05, 0.1) is 5.39 Å². The molecule has 0 fully saturated rings. The van der Waals surface area contributed by atoms with E-state index >= 15 is 0 Å². The van der Waals surface area contributed by atoms with Gasteiger partial charge < -0.3 is 0 Å². The molecular weight excluding hydrogens is 222 g/mol. The van der Waals surface area contributed by atoms with Crippen molar-refractivity contribution in [3.63, 3.8) is 0 Å². The van der Waals surface area contributed by atoms with Crippen molar-refractivity contribution >= 4 is 21.6 Å². The van der Waals surface area contributed by atoms with Gasteiger partial charge in [0, 0.05) is 11.9 Å². The van der Waals surface area contributed by atoms with Crippen molar-refractivity contribution < 1.29 is 0 Å². The molecule has 3 rings (SSSR count). The minimum Gasteiger partial charge on any atom is -0.267 e. The largest absolute Gasteiger partial charge is 0.278 e. The summed E-state index contributed by atoms with van der Waals surface area (Å²) in [6.07, 6.45) is 3.27. The van der Waals surface area contributed by atoms with Gasteiger partial charge in [-0.15, -0.1) is 16.4 Å². The van der Waals surface area contributed by atoms with Crippen molar-refractivity contribution in [1.29, 1.82) is 0 Å². The molecule has 0 radical (unpaired) electrons. The Hall–Kier alpha value is -1.23. The van der Waals surface area contributed by atoms with Crippen LogP contribution in [0, 0.1) is 5.92 Å². The Kier molecular flexibility index (Phi) is 2.10. The number of hydrogen-bond acceptors (Lipinski definition) is 4. The van der Waals surface area contributed by atoms with Crippen molar-refractivity contribution in [2.45, 2.75) is 26.2 Å². The molecule has 1 aliphatic rings. The topological polar surface area (TPSA) is 47.8 Å². The molecule has 1 aliphatic carbocycles. The average molecular weight is 235 g/mol. The van der Waals surface area contributed by atoms with Crippen molar-refractivity contribution in [3.05, 3.63) is 20.8 Å². The fourth-order valence-electron chi connectivity index (χ4n) is 2.34. The summed E-state index contributed by atoms with van der Waals surface area (Å²) in [5.74, 6) is 0.720. The van der Waals surface area contributed by atoms with Crippen LogP contribution in [0.3, 0.4) is 0 Å². The van der Waals surface area contributed by atoms with Crippen LogP contribution < -0.4 is 5.56 Å². The van der Waals surface area contributed by atoms with Gasteiger partial charge in [-0.05, 0) is 30.7 Å². The fraction of sp³-hybridized carbons (Fsp3) is 0.545. The zero-order valence-electron chi connectivity index (χ0n) is 9.36. The van der Waals surface area contributed by atoms with Crippen LogP contribution in [0.2, 0.25) is 0 Å². The van der Waals surface area contributed by atoms with Crippen LogP contribution >= 0.6 is 11.3 Å².